The van der Waals surface area contributed by atoms with Crippen molar-refractivity contribution in [1.29, 1.82) is 0 Å². The van der Waals surface area contributed by atoms with E-state index in [1.807, 2.05) is 0 Å². The van der Waals surface area contributed by atoms with E-state index < -0.39 is 122 Å². The molecule has 19 nitrogen and oxygen atoms in total. The minimum atomic E-state index is -1.79. The molecule has 4 heterocycles. The van der Waals surface area contributed by atoms with Gasteiger partial charge in [0.2, 0.25) is 12.6 Å². The van der Waals surface area contributed by atoms with Gasteiger partial charge in [0.15, 0.2) is 11.9 Å². The number of aliphatic hydroxyl groups is 8. The number of benzene rings is 1. The summed E-state index contributed by atoms with van der Waals surface area (Å²) < 4.78 is 44.3. The van der Waals surface area contributed by atoms with Crippen LogP contribution in [0.5, 0.6) is 5.75 Å². The van der Waals surface area contributed by atoms with Gasteiger partial charge in [-0.05, 0) is 42.8 Å². The third-order valence-electron chi connectivity index (χ3n) is 10.0. The molecule has 1 aromatic rings. The zero-order chi connectivity index (χ0) is 39.8. The van der Waals surface area contributed by atoms with E-state index in [2.05, 4.69) is 0 Å². The molecule has 2 saturated heterocycles. The van der Waals surface area contributed by atoms with Crippen molar-refractivity contribution in [1.82, 2.24) is 0 Å². The van der Waals surface area contributed by atoms with Crippen LogP contribution in [-0.2, 0) is 47.5 Å². The molecule has 0 amide bonds. The highest BCUT2D eigenvalue weighted by molar-refractivity contribution is 5.95. The smallest absolute Gasteiger partial charge is 0.338 e. The summed E-state index contributed by atoms with van der Waals surface area (Å²) in [5, 5.41) is 80.2. The predicted octanol–water partition coefficient (Wildman–Crippen LogP) is -2.94. The van der Waals surface area contributed by atoms with Crippen molar-refractivity contribution in [2.75, 3.05) is 20.3 Å². The van der Waals surface area contributed by atoms with Gasteiger partial charge in [-0.15, -0.1) is 0 Å². The fourth-order valence-corrected chi connectivity index (χ4v) is 6.96. The van der Waals surface area contributed by atoms with Gasteiger partial charge in [0.05, 0.1) is 43.6 Å². The number of aliphatic hydroxyl groups excluding tert-OH is 8. The number of hydrogen-bond acceptors (Lipinski definition) is 19. The number of ether oxygens (including phenoxy) is 8. The van der Waals surface area contributed by atoms with Gasteiger partial charge in [-0.25, -0.2) is 14.4 Å². The molecule has 5 aliphatic rings. The van der Waals surface area contributed by atoms with Crippen LogP contribution in [0.25, 0.3) is 6.08 Å². The molecule has 0 aromatic heterocycles. The lowest BCUT2D eigenvalue weighted by atomic mass is 9.78. The maximum Gasteiger partial charge on any atom is 0.338 e. The molecule has 1 aromatic carbocycles. The van der Waals surface area contributed by atoms with Crippen LogP contribution in [-0.4, -0.2) is 158 Å². The largest absolute Gasteiger partial charge is 0.471 e. The normalized spacial score (nSPS) is 38.8. The van der Waals surface area contributed by atoms with Crippen molar-refractivity contribution < 1.29 is 93.1 Å². The fraction of sp³-hybridized carbons (Fsp3) is 0.528. The molecule has 55 heavy (non-hydrogen) atoms. The molecule has 0 bridgehead atoms. The first kappa shape index (κ1) is 40.4. The average Bonchev–Trinajstić information content (AvgIpc) is 3.73. The molecule has 1 aliphatic carbocycles. The van der Waals surface area contributed by atoms with Crippen molar-refractivity contribution in [3.05, 3.63) is 71.5 Å². The SMILES string of the molecule is COC(=O)C1=COC(OC2OC(CO)C(O)C(O)C2O)C2C1C=CC21C=C(C(C)OC(=O)/C=C\c2ccc(OC3OC(CO)C(O)C(O)C3O)cc2)C(=O)O1. The molecule has 0 radical (unpaired) electrons. The number of rotatable bonds is 11. The first-order valence-corrected chi connectivity index (χ1v) is 17.2. The second kappa shape index (κ2) is 16.5. The van der Waals surface area contributed by atoms with Crippen molar-refractivity contribution in [3.8, 4) is 5.75 Å². The number of methoxy groups -OCH3 is 1. The minimum Gasteiger partial charge on any atom is -0.471 e. The molecule has 2 fully saturated rings. The van der Waals surface area contributed by atoms with E-state index in [4.69, 9.17) is 37.9 Å². The Balaban J connectivity index is 1.13. The first-order valence-electron chi connectivity index (χ1n) is 17.2. The van der Waals surface area contributed by atoms with Crippen LogP contribution in [0.3, 0.4) is 0 Å². The summed E-state index contributed by atoms with van der Waals surface area (Å²) in [4.78, 5) is 38.8. The zero-order valence-corrected chi connectivity index (χ0v) is 29.3. The third-order valence-corrected chi connectivity index (χ3v) is 10.0. The van der Waals surface area contributed by atoms with Crippen LogP contribution in [0.4, 0.5) is 0 Å². The number of hydrogen-bond donors (Lipinski definition) is 8. The molecule has 0 saturated carbocycles. The molecule has 4 aliphatic heterocycles. The Labute approximate surface area is 312 Å². The lowest BCUT2D eigenvalue weighted by Gasteiger charge is -2.44. The van der Waals surface area contributed by atoms with Crippen molar-refractivity contribution in [2.24, 2.45) is 11.8 Å². The maximum atomic E-state index is 13.3. The van der Waals surface area contributed by atoms with Gasteiger partial charge in [0.25, 0.3) is 0 Å². The molecule has 6 rings (SSSR count). The van der Waals surface area contributed by atoms with Crippen molar-refractivity contribution >= 4 is 24.0 Å². The maximum absolute atomic E-state index is 13.3. The lowest BCUT2D eigenvalue weighted by molar-refractivity contribution is -0.344. The predicted molar refractivity (Wildman–Crippen MR) is 178 cm³/mol. The number of esters is 3. The Bertz CT molecular complexity index is 1700. The second-order valence-electron chi connectivity index (χ2n) is 13.5. The highest BCUT2D eigenvalue weighted by Gasteiger charge is 2.60. The van der Waals surface area contributed by atoms with E-state index in [0.717, 1.165) is 12.3 Å². The highest BCUT2D eigenvalue weighted by Crippen LogP contribution is 2.51. The quantitative estimate of drug-likeness (QED) is 0.0483. The molecule has 15 atom stereocenters. The summed E-state index contributed by atoms with van der Waals surface area (Å²) in [5.74, 6) is -4.10. The van der Waals surface area contributed by atoms with Crippen LogP contribution >= 0.6 is 0 Å². The minimum absolute atomic E-state index is 0.0465. The molecule has 8 N–H and O–H groups in total. The summed E-state index contributed by atoms with van der Waals surface area (Å²) in [6, 6.07) is 6.09. The zero-order valence-electron chi connectivity index (χ0n) is 29.3. The van der Waals surface area contributed by atoms with E-state index in [0.29, 0.717) is 5.56 Å². The average molecular weight is 779 g/mol. The summed E-state index contributed by atoms with van der Waals surface area (Å²) in [5.41, 5.74) is -1.12. The topological polar surface area (TPSA) is 287 Å². The van der Waals surface area contributed by atoms with Crippen LogP contribution in [0.1, 0.15) is 12.5 Å². The molecule has 300 valence electrons. The molecule has 1 spiro atoms. The van der Waals surface area contributed by atoms with Gasteiger partial charge in [-0.2, -0.15) is 0 Å². The van der Waals surface area contributed by atoms with Crippen LogP contribution in [0.2, 0.25) is 0 Å². The van der Waals surface area contributed by atoms with Crippen LogP contribution in [0, 0.1) is 11.8 Å². The van der Waals surface area contributed by atoms with Gasteiger partial charge in [0, 0.05) is 12.0 Å². The van der Waals surface area contributed by atoms with Gasteiger partial charge in [-0.3, -0.25) is 0 Å². The molecule has 15 unspecified atom stereocenters. The van der Waals surface area contributed by atoms with Gasteiger partial charge < -0.3 is 78.7 Å². The number of allylic oxidation sites excluding steroid dienone is 1. The fourth-order valence-electron chi connectivity index (χ4n) is 6.96. The van der Waals surface area contributed by atoms with Crippen molar-refractivity contribution in [2.45, 2.75) is 86.3 Å². The standard InChI is InChI=1S/C36H42O19/c1-15(50-23(39)8-5-16-3-6-17(7-4-16)51-34-29(44)27(42)25(40)21(12-37)52-34)19-11-36(55-32(19)47)10-9-18-20(31(46)48-2)14-49-33(24(18)36)54-35-30(45)28(43)26(41)22(13-38)53-35/h3-11,14-15,18,21-22,24-30,33-35,37-38,40-45H,12-13H2,1-2H3/b8-5-. The van der Waals surface area contributed by atoms with Gasteiger partial charge >= 0.3 is 17.9 Å². The summed E-state index contributed by atoms with van der Waals surface area (Å²) in [6.45, 7) is 0.110. The first-order chi connectivity index (χ1) is 26.2. The third kappa shape index (κ3) is 7.91. The van der Waals surface area contributed by atoms with Gasteiger partial charge in [0.1, 0.15) is 60.7 Å². The molecular formula is C36H42O19. The van der Waals surface area contributed by atoms with E-state index >= 15 is 0 Å². The van der Waals surface area contributed by atoms with E-state index in [-0.39, 0.29) is 16.9 Å². The summed E-state index contributed by atoms with van der Waals surface area (Å²) in [6.07, 6.45) is -9.86. The van der Waals surface area contributed by atoms with Crippen molar-refractivity contribution in [3.63, 3.8) is 0 Å². The number of carbonyl (C=O) groups is 3. The summed E-state index contributed by atoms with van der Waals surface area (Å²) in [7, 11) is 1.17. The van der Waals surface area contributed by atoms with Gasteiger partial charge in [-0.1, -0.05) is 18.2 Å². The highest BCUT2D eigenvalue weighted by atomic mass is 16.8. The second-order valence-corrected chi connectivity index (χ2v) is 13.5. The van der Waals surface area contributed by atoms with E-state index in [1.54, 1.807) is 18.2 Å². The Kier molecular flexibility index (Phi) is 12.1. The van der Waals surface area contributed by atoms with E-state index in [9.17, 15) is 55.2 Å². The molecular weight excluding hydrogens is 736 g/mol. The Morgan fingerprint density at radius 1 is 0.873 bits per heavy atom. The molecule has 19 heteroatoms. The Hall–Kier alpha value is -4.25. The van der Waals surface area contributed by atoms with E-state index in [1.165, 1.54) is 44.4 Å². The number of carbonyl (C=O) groups excluding carboxylic acids is 3. The Morgan fingerprint density at radius 3 is 2.11 bits per heavy atom. The number of fused-ring (bicyclic) bond motifs is 2. The monoisotopic (exact) mass is 778 g/mol. The van der Waals surface area contributed by atoms with Crippen LogP contribution in [0.15, 0.2) is 66.0 Å². The summed E-state index contributed by atoms with van der Waals surface area (Å²) >= 11 is 0. The van der Waals surface area contributed by atoms with Crippen LogP contribution < -0.4 is 4.74 Å². The Morgan fingerprint density at radius 2 is 1.49 bits per heavy atom. The lowest BCUT2D eigenvalue weighted by Crippen LogP contribution is -2.60.